The lowest BCUT2D eigenvalue weighted by Gasteiger charge is -2.11. The average Bonchev–Trinajstić information content (AvgIpc) is 2.37. The molecule has 0 saturated carbocycles. The van der Waals surface area contributed by atoms with Gasteiger partial charge in [-0.2, -0.15) is 13.2 Å². The van der Waals surface area contributed by atoms with Gasteiger partial charge in [-0.1, -0.05) is 12.1 Å². The predicted molar refractivity (Wildman–Crippen MR) is 69.8 cm³/mol. The van der Waals surface area contributed by atoms with Crippen molar-refractivity contribution in [1.82, 2.24) is 9.97 Å². The van der Waals surface area contributed by atoms with Crippen LogP contribution >= 0.6 is 0 Å². The van der Waals surface area contributed by atoms with Crippen molar-refractivity contribution in [2.45, 2.75) is 26.1 Å². The summed E-state index contributed by atoms with van der Waals surface area (Å²) in [7, 11) is 0. The molecule has 0 aliphatic rings. The van der Waals surface area contributed by atoms with Crippen molar-refractivity contribution in [3.05, 3.63) is 47.3 Å². The van der Waals surface area contributed by atoms with Crippen LogP contribution < -0.4 is 5.73 Å². The molecule has 2 rings (SSSR count). The van der Waals surface area contributed by atoms with E-state index in [0.717, 1.165) is 17.7 Å². The molecule has 0 bridgehead atoms. The lowest BCUT2D eigenvalue weighted by Crippen LogP contribution is -2.09. The van der Waals surface area contributed by atoms with Gasteiger partial charge >= 0.3 is 6.18 Å². The van der Waals surface area contributed by atoms with Gasteiger partial charge in [-0.05, 0) is 26.0 Å². The van der Waals surface area contributed by atoms with E-state index < -0.39 is 11.7 Å². The van der Waals surface area contributed by atoms with E-state index in [2.05, 4.69) is 9.97 Å². The summed E-state index contributed by atoms with van der Waals surface area (Å²) in [5.74, 6) is 0.262. The third kappa shape index (κ3) is 2.96. The van der Waals surface area contributed by atoms with Gasteiger partial charge in [-0.3, -0.25) is 0 Å². The van der Waals surface area contributed by atoms with E-state index >= 15 is 0 Å². The van der Waals surface area contributed by atoms with Crippen LogP contribution in [0.15, 0.2) is 30.5 Å². The molecule has 0 aliphatic carbocycles. The molecular weight excluding hydrogens is 267 g/mol. The van der Waals surface area contributed by atoms with E-state index in [1.54, 1.807) is 26.1 Å². The Kier molecular flexibility index (Phi) is 3.76. The first-order chi connectivity index (χ1) is 9.29. The number of hydrogen-bond donors (Lipinski definition) is 1. The molecule has 0 aliphatic heterocycles. The maximum Gasteiger partial charge on any atom is 0.416 e. The van der Waals surface area contributed by atoms with Gasteiger partial charge in [-0.25, -0.2) is 9.97 Å². The van der Waals surface area contributed by atoms with Gasteiger partial charge in [-0.15, -0.1) is 0 Å². The second-order valence-electron chi connectivity index (χ2n) is 4.60. The van der Waals surface area contributed by atoms with Gasteiger partial charge in [0.1, 0.15) is 0 Å². The van der Waals surface area contributed by atoms with Crippen LogP contribution in [-0.4, -0.2) is 9.97 Å². The summed E-state index contributed by atoms with van der Waals surface area (Å²) in [6.07, 6.45) is -2.82. The molecule has 2 N–H and O–H groups in total. The molecule has 2 aromatic rings. The number of nitrogens with zero attached hydrogens (tertiary/aromatic N) is 2. The SMILES string of the molecule is Cc1nc(-c2cccc(C(F)(F)F)c2)ncc1[C@H](C)N. The molecule has 0 saturated heterocycles. The maximum atomic E-state index is 12.7. The van der Waals surface area contributed by atoms with Crippen LogP contribution in [0.5, 0.6) is 0 Å². The Labute approximate surface area is 114 Å². The van der Waals surface area contributed by atoms with Crippen molar-refractivity contribution < 1.29 is 13.2 Å². The topological polar surface area (TPSA) is 51.8 Å². The Morgan fingerprint density at radius 2 is 1.95 bits per heavy atom. The second-order valence-corrected chi connectivity index (χ2v) is 4.60. The van der Waals surface area contributed by atoms with Crippen molar-refractivity contribution in [3.63, 3.8) is 0 Å². The normalized spacial score (nSPS) is 13.3. The summed E-state index contributed by atoms with van der Waals surface area (Å²) in [5, 5.41) is 0. The molecule has 3 nitrogen and oxygen atoms in total. The van der Waals surface area contributed by atoms with Crippen molar-refractivity contribution in [2.75, 3.05) is 0 Å². The number of aromatic nitrogens is 2. The Bertz CT molecular complexity index is 621. The fraction of sp³-hybridized carbons (Fsp3) is 0.286. The largest absolute Gasteiger partial charge is 0.416 e. The minimum absolute atomic E-state index is 0.217. The molecule has 106 valence electrons. The minimum Gasteiger partial charge on any atom is -0.324 e. The molecule has 6 heteroatoms. The summed E-state index contributed by atoms with van der Waals surface area (Å²) in [4.78, 5) is 8.33. The van der Waals surface area contributed by atoms with E-state index in [1.165, 1.54) is 6.07 Å². The minimum atomic E-state index is -4.38. The Morgan fingerprint density at radius 1 is 1.25 bits per heavy atom. The number of nitrogens with two attached hydrogens (primary N) is 1. The van der Waals surface area contributed by atoms with Crippen molar-refractivity contribution in [3.8, 4) is 11.4 Å². The molecule has 20 heavy (non-hydrogen) atoms. The van der Waals surface area contributed by atoms with Gasteiger partial charge in [0.2, 0.25) is 0 Å². The molecule has 1 aromatic carbocycles. The Morgan fingerprint density at radius 3 is 2.50 bits per heavy atom. The van der Waals surface area contributed by atoms with E-state index in [9.17, 15) is 13.2 Å². The van der Waals surface area contributed by atoms with Crippen LogP contribution in [0.25, 0.3) is 11.4 Å². The van der Waals surface area contributed by atoms with E-state index in [-0.39, 0.29) is 11.9 Å². The molecule has 0 fully saturated rings. The van der Waals surface area contributed by atoms with E-state index in [4.69, 9.17) is 5.73 Å². The van der Waals surface area contributed by atoms with Crippen molar-refractivity contribution >= 4 is 0 Å². The molecule has 0 spiro atoms. The standard InChI is InChI=1S/C14H14F3N3/c1-8(18)12-7-19-13(20-9(12)2)10-4-3-5-11(6-10)14(15,16)17/h3-8H,18H2,1-2H3/t8-/m0/s1. The first kappa shape index (κ1) is 14.5. The molecule has 0 unspecified atom stereocenters. The lowest BCUT2D eigenvalue weighted by atomic mass is 10.1. The fourth-order valence-electron chi connectivity index (χ4n) is 1.90. The molecule has 0 amide bonds. The Hall–Kier alpha value is -1.95. The molecule has 1 aromatic heterocycles. The predicted octanol–water partition coefficient (Wildman–Crippen LogP) is 3.49. The average molecular weight is 281 g/mol. The van der Waals surface area contributed by atoms with Crippen LogP contribution in [0.2, 0.25) is 0 Å². The number of benzene rings is 1. The fourth-order valence-corrected chi connectivity index (χ4v) is 1.90. The van der Waals surface area contributed by atoms with Crippen LogP contribution in [0, 0.1) is 6.92 Å². The summed E-state index contributed by atoms with van der Waals surface area (Å²) in [6.45, 7) is 3.56. The maximum absolute atomic E-state index is 12.7. The summed E-state index contributed by atoms with van der Waals surface area (Å²) < 4.78 is 38.0. The first-order valence-electron chi connectivity index (χ1n) is 6.06. The molecule has 1 heterocycles. The quantitative estimate of drug-likeness (QED) is 0.916. The van der Waals surface area contributed by atoms with Crippen LogP contribution in [0.1, 0.15) is 29.8 Å². The highest BCUT2D eigenvalue weighted by molar-refractivity contribution is 5.56. The number of hydrogen-bond acceptors (Lipinski definition) is 3. The van der Waals surface area contributed by atoms with Crippen molar-refractivity contribution in [2.24, 2.45) is 5.73 Å². The van der Waals surface area contributed by atoms with Gasteiger partial charge in [0, 0.05) is 29.1 Å². The molecular formula is C14H14F3N3. The van der Waals surface area contributed by atoms with E-state index in [1.807, 2.05) is 0 Å². The molecule has 0 radical (unpaired) electrons. The van der Waals surface area contributed by atoms with E-state index in [0.29, 0.717) is 11.3 Å². The van der Waals surface area contributed by atoms with Gasteiger partial charge in [0.15, 0.2) is 5.82 Å². The van der Waals surface area contributed by atoms with Gasteiger partial charge < -0.3 is 5.73 Å². The zero-order valence-corrected chi connectivity index (χ0v) is 11.1. The smallest absolute Gasteiger partial charge is 0.324 e. The lowest BCUT2D eigenvalue weighted by molar-refractivity contribution is -0.137. The van der Waals surface area contributed by atoms with Crippen LogP contribution in [-0.2, 0) is 6.18 Å². The summed E-state index contributed by atoms with van der Waals surface area (Å²) >= 11 is 0. The highest BCUT2D eigenvalue weighted by Crippen LogP contribution is 2.31. The highest BCUT2D eigenvalue weighted by atomic mass is 19.4. The van der Waals surface area contributed by atoms with Gasteiger partial charge in [0.05, 0.1) is 5.56 Å². The second kappa shape index (κ2) is 5.20. The Balaban J connectivity index is 2.45. The third-order valence-electron chi connectivity index (χ3n) is 2.96. The zero-order valence-electron chi connectivity index (χ0n) is 11.1. The van der Waals surface area contributed by atoms with Crippen molar-refractivity contribution in [1.29, 1.82) is 0 Å². The summed E-state index contributed by atoms with van der Waals surface area (Å²) in [6, 6.07) is 4.74. The third-order valence-corrected chi connectivity index (χ3v) is 2.96. The molecule has 1 atom stereocenters. The summed E-state index contributed by atoms with van der Waals surface area (Å²) in [5.41, 5.74) is 6.82. The number of halogens is 3. The number of rotatable bonds is 2. The number of aryl methyl sites for hydroxylation is 1. The zero-order chi connectivity index (χ0) is 14.9. The monoisotopic (exact) mass is 281 g/mol. The highest BCUT2D eigenvalue weighted by Gasteiger charge is 2.30. The van der Waals surface area contributed by atoms with Crippen LogP contribution in [0.4, 0.5) is 13.2 Å². The van der Waals surface area contributed by atoms with Gasteiger partial charge in [0.25, 0.3) is 0 Å². The first-order valence-corrected chi connectivity index (χ1v) is 6.06. The number of alkyl halides is 3. The van der Waals surface area contributed by atoms with Crippen LogP contribution in [0.3, 0.4) is 0 Å².